The number of ether oxygens (including phenoxy) is 1. The summed E-state index contributed by atoms with van der Waals surface area (Å²) in [5, 5.41) is 0. The molecule has 1 aromatic rings. The van der Waals surface area contributed by atoms with Gasteiger partial charge in [-0.25, -0.2) is 9.18 Å². The maximum absolute atomic E-state index is 14.0. The standard InChI is InChI=1S/C16H24FN3O2/c1-16(2,3)22-15(21)19(4)12-7-8-20(10-12)14-6-5-11(18)9-13(14)17/h5-6,9,12H,7-8,10,18H2,1-4H3/t12-/m0/s1. The molecule has 1 fully saturated rings. The molecule has 22 heavy (non-hydrogen) atoms. The lowest BCUT2D eigenvalue weighted by Crippen LogP contribution is -2.42. The Kier molecular flexibility index (Phi) is 4.49. The molecule has 2 rings (SSSR count). The molecule has 1 atom stereocenters. The minimum atomic E-state index is -0.521. The number of halogens is 1. The monoisotopic (exact) mass is 309 g/mol. The quantitative estimate of drug-likeness (QED) is 0.854. The normalized spacial score (nSPS) is 18.4. The maximum atomic E-state index is 14.0. The summed E-state index contributed by atoms with van der Waals surface area (Å²) in [5.41, 5.74) is 5.98. The van der Waals surface area contributed by atoms with Gasteiger partial charge >= 0.3 is 6.09 Å². The number of likely N-dealkylation sites (N-methyl/N-ethyl adjacent to an activating group) is 1. The zero-order valence-corrected chi connectivity index (χ0v) is 13.6. The van der Waals surface area contributed by atoms with Gasteiger partial charge in [0, 0.05) is 25.8 Å². The molecule has 1 aliphatic rings. The van der Waals surface area contributed by atoms with E-state index in [1.54, 1.807) is 24.1 Å². The molecule has 1 amide bonds. The molecule has 122 valence electrons. The second-order valence-corrected chi connectivity index (χ2v) is 6.69. The van der Waals surface area contributed by atoms with E-state index >= 15 is 0 Å². The van der Waals surface area contributed by atoms with E-state index in [0.29, 0.717) is 24.5 Å². The molecule has 6 heteroatoms. The molecular weight excluding hydrogens is 285 g/mol. The van der Waals surface area contributed by atoms with E-state index in [9.17, 15) is 9.18 Å². The largest absolute Gasteiger partial charge is 0.444 e. The van der Waals surface area contributed by atoms with Gasteiger partial charge in [-0.3, -0.25) is 0 Å². The first-order chi connectivity index (χ1) is 10.2. The highest BCUT2D eigenvalue weighted by molar-refractivity contribution is 5.68. The molecule has 1 saturated heterocycles. The van der Waals surface area contributed by atoms with Crippen LogP contribution in [-0.2, 0) is 4.74 Å². The number of rotatable bonds is 2. The number of amides is 1. The summed E-state index contributed by atoms with van der Waals surface area (Å²) in [6.07, 6.45) is 0.427. The van der Waals surface area contributed by atoms with Crippen LogP contribution in [-0.4, -0.2) is 42.8 Å². The van der Waals surface area contributed by atoms with Gasteiger partial charge in [-0.15, -0.1) is 0 Å². The van der Waals surface area contributed by atoms with Gasteiger partial charge in [-0.2, -0.15) is 0 Å². The van der Waals surface area contributed by atoms with Crippen LogP contribution in [0, 0.1) is 5.82 Å². The highest BCUT2D eigenvalue weighted by atomic mass is 19.1. The third kappa shape index (κ3) is 3.81. The van der Waals surface area contributed by atoms with Crippen LogP contribution in [0.4, 0.5) is 20.6 Å². The van der Waals surface area contributed by atoms with Crippen molar-refractivity contribution < 1.29 is 13.9 Å². The number of carbonyl (C=O) groups is 1. The fourth-order valence-electron chi connectivity index (χ4n) is 2.54. The summed E-state index contributed by atoms with van der Waals surface area (Å²) in [7, 11) is 1.72. The van der Waals surface area contributed by atoms with Gasteiger partial charge in [-0.1, -0.05) is 0 Å². The maximum Gasteiger partial charge on any atom is 0.410 e. The second kappa shape index (κ2) is 6.02. The van der Waals surface area contributed by atoms with Crippen LogP contribution in [0.5, 0.6) is 0 Å². The van der Waals surface area contributed by atoms with Crippen molar-refractivity contribution in [1.29, 1.82) is 0 Å². The van der Waals surface area contributed by atoms with Crippen molar-refractivity contribution in [2.75, 3.05) is 30.8 Å². The van der Waals surface area contributed by atoms with Crippen molar-refractivity contribution in [2.24, 2.45) is 0 Å². The minimum absolute atomic E-state index is 0.00630. The molecule has 0 radical (unpaired) electrons. The number of nitrogens with two attached hydrogens (primary N) is 1. The van der Waals surface area contributed by atoms with Crippen molar-refractivity contribution in [3.8, 4) is 0 Å². The molecule has 1 aromatic carbocycles. The number of nitrogen functional groups attached to an aromatic ring is 1. The van der Waals surface area contributed by atoms with Gasteiger partial charge < -0.3 is 20.3 Å². The highest BCUT2D eigenvalue weighted by Crippen LogP contribution is 2.27. The second-order valence-electron chi connectivity index (χ2n) is 6.69. The Morgan fingerprint density at radius 3 is 2.73 bits per heavy atom. The Labute approximate surface area is 130 Å². The summed E-state index contributed by atoms with van der Waals surface area (Å²) in [4.78, 5) is 15.6. The number of hydrogen-bond donors (Lipinski definition) is 1. The van der Waals surface area contributed by atoms with Crippen molar-refractivity contribution in [2.45, 2.75) is 38.8 Å². The molecular formula is C16H24FN3O2. The number of anilines is 2. The average Bonchev–Trinajstić information content (AvgIpc) is 2.85. The van der Waals surface area contributed by atoms with Crippen LogP contribution in [0.15, 0.2) is 18.2 Å². The lowest BCUT2D eigenvalue weighted by molar-refractivity contribution is 0.0238. The molecule has 5 nitrogen and oxygen atoms in total. The van der Waals surface area contributed by atoms with Crippen LogP contribution < -0.4 is 10.6 Å². The van der Waals surface area contributed by atoms with E-state index in [2.05, 4.69) is 0 Å². The first-order valence-electron chi connectivity index (χ1n) is 7.43. The van der Waals surface area contributed by atoms with Crippen LogP contribution in [0.25, 0.3) is 0 Å². The fourth-order valence-corrected chi connectivity index (χ4v) is 2.54. The zero-order chi connectivity index (χ0) is 16.5. The molecule has 0 aromatic heterocycles. The van der Waals surface area contributed by atoms with Gasteiger partial charge in [0.25, 0.3) is 0 Å². The SMILES string of the molecule is CN(C(=O)OC(C)(C)C)[C@H]1CCN(c2ccc(N)cc2F)C1. The lowest BCUT2D eigenvalue weighted by Gasteiger charge is -2.29. The number of carbonyl (C=O) groups excluding carboxylic acids is 1. The first-order valence-corrected chi connectivity index (χ1v) is 7.43. The van der Waals surface area contributed by atoms with Crippen molar-refractivity contribution in [1.82, 2.24) is 4.90 Å². The van der Waals surface area contributed by atoms with Gasteiger partial charge in [0.15, 0.2) is 0 Å². The molecule has 1 aliphatic heterocycles. The van der Waals surface area contributed by atoms with E-state index in [1.807, 2.05) is 25.7 Å². The predicted octanol–water partition coefficient (Wildman–Crippen LogP) is 2.85. The van der Waals surface area contributed by atoms with Crippen LogP contribution in [0.3, 0.4) is 0 Å². The summed E-state index contributed by atoms with van der Waals surface area (Å²) in [5.74, 6) is -0.333. The number of benzene rings is 1. The van der Waals surface area contributed by atoms with Crippen LogP contribution in [0.1, 0.15) is 27.2 Å². The van der Waals surface area contributed by atoms with E-state index in [4.69, 9.17) is 10.5 Å². The van der Waals surface area contributed by atoms with Gasteiger partial charge in [0.1, 0.15) is 11.4 Å². The molecule has 1 heterocycles. The summed E-state index contributed by atoms with van der Waals surface area (Å²) in [6.45, 7) is 6.78. The Bertz CT molecular complexity index is 557. The lowest BCUT2D eigenvalue weighted by atomic mass is 10.2. The van der Waals surface area contributed by atoms with E-state index in [0.717, 1.165) is 6.42 Å². The molecule has 0 saturated carbocycles. The molecule has 0 bridgehead atoms. The van der Waals surface area contributed by atoms with Gasteiger partial charge in [0.05, 0.1) is 11.7 Å². The average molecular weight is 309 g/mol. The topological polar surface area (TPSA) is 58.8 Å². The molecule has 0 unspecified atom stereocenters. The summed E-state index contributed by atoms with van der Waals surface area (Å²) >= 11 is 0. The zero-order valence-electron chi connectivity index (χ0n) is 13.6. The summed E-state index contributed by atoms with van der Waals surface area (Å²) < 4.78 is 19.4. The van der Waals surface area contributed by atoms with E-state index in [-0.39, 0.29) is 18.0 Å². The smallest absolute Gasteiger partial charge is 0.410 e. The van der Waals surface area contributed by atoms with Gasteiger partial charge in [0.2, 0.25) is 0 Å². The third-order valence-electron chi connectivity index (χ3n) is 3.71. The predicted molar refractivity (Wildman–Crippen MR) is 85.4 cm³/mol. The van der Waals surface area contributed by atoms with Crippen molar-refractivity contribution in [3.63, 3.8) is 0 Å². The Hall–Kier alpha value is -1.98. The van der Waals surface area contributed by atoms with Crippen LogP contribution >= 0.6 is 0 Å². The van der Waals surface area contributed by atoms with E-state index in [1.165, 1.54) is 6.07 Å². The fraction of sp³-hybridized carbons (Fsp3) is 0.562. The van der Waals surface area contributed by atoms with Crippen molar-refractivity contribution in [3.05, 3.63) is 24.0 Å². The number of hydrogen-bond acceptors (Lipinski definition) is 4. The minimum Gasteiger partial charge on any atom is -0.444 e. The Balaban J connectivity index is 2.01. The Morgan fingerprint density at radius 2 is 2.14 bits per heavy atom. The van der Waals surface area contributed by atoms with Crippen LogP contribution in [0.2, 0.25) is 0 Å². The highest BCUT2D eigenvalue weighted by Gasteiger charge is 2.31. The number of nitrogens with zero attached hydrogens (tertiary/aromatic N) is 2. The van der Waals surface area contributed by atoms with Gasteiger partial charge in [-0.05, 0) is 45.4 Å². The molecule has 0 aliphatic carbocycles. The molecule has 2 N–H and O–H groups in total. The first kappa shape index (κ1) is 16.4. The summed E-state index contributed by atoms with van der Waals surface area (Å²) in [6, 6.07) is 4.69. The Morgan fingerprint density at radius 1 is 1.45 bits per heavy atom. The van der Waals surface area contributed by atoms with Crippen molar-refractivity contribution >= 4 is 17.5 Å². The van der Waals surface area contributed by atoms with E-state index < -0.39 is 5.60 Å². The molecule has 0 spiro atoms. The third-order valence-corrected chi connectivity index (χ3v) is 3.71.